The molecule has 4 aliphatic rings. The molecule has 3 nitrogen and oxygen atoms in total. The molecule has 0 radical (unpaired) electrons. The van der Waals surface area contributed by atoms with E-state index in [2.05, 4.69) is 26.8 Å². The van der Waals surface area contributed by atoms with Crippen LogP contribution in [-0.4, -0.2) is 17.0 Å². The lowest BCUT2D eigenvalue weighted by Gasteiger charge is -2.55. The molecular formula is C24H35NO2. The highest BCUT2D eigenvalue weighted by atomic mass is 16.3. The van der Waals surface area contributed by atoms with Crippen LogP contribution in [0, 0.1) is 51.8 Å². The minimum Gasteiger partial charge on any atom is -0.392 e. The number of nitrogens with zero attached hydrogens (tertiary/aromatic N) is 1. The number of carbonyl (C=O) groups is 1. The van der Waals surface area contributed by atoms with E-state index >= 15 is 0 Å². The SMILES string of the molecule is CC[C@]12CC[C@H](C)C([C@H](O)CC3=CC(=O)CCC3)[C@@H]1[C@@H]1C[C@@H]1[C@@]2(C#N)CC. The summed E-state index contributed by atoms with van der Waals surface area (Å²) in [6.45, 7) is 6.80. The maximum atomic E-state index is 11.8. The van der Waals surface area contributed by atoms with Crippen LogP contribution >= 0.6 is 0 Å². The molecule has 1 N–H and O–H groups in total. The zero-order valence-electron chi connectivity index (χ0n) is 17.2. The summed E-state index contributed by atoms with van der Waals surface area (Å²) >= 11 is 0. The van der Waals surface area contributed by atoms with Crippen LogP contribution in [0.1, 0.15) is 78.6 Å². The van der Waals surface area contributed by atoms with Crippen LogP contribution in [0.2, 0.25) is 0 Å². The number of fused-ring (bicyclic) bond motifs is 3. The molecule has 0 amide bonds. The molecule has 0 bridgehead atoms. The van der Waals surface area contributed by atoms with E-state index in [1.165, 1.54) is 6.42 Å². The topological polar surface area (TPSA) is 61.1 Å². The van der Waals surface area contributed by atoms with Crippen LogP contribution in [0.15, 0.2) is 11.6 Å². The maximum absolute atomic E-state index is 11.8. The van der Waals surface area contributed by atoms with Gasteiger partial charge in [-0.2, -0.15) is 5.26 Å². The monoisotopic (exact) mass is 369 g/mol. The summed E-state index contributed by atoms with van der Waals surface area (Å²) in [5, 5.41) is 21.6. The Labute approximate surface area is 164 Å². The van der Waals surface area contributed by atoms with Gasteiger partial charge in [0.05, 0.1) is 17.6 Å². The summed E-state index contributed by atoms with van der Waals surface area (Å²) in [6, 6.07) is 2.83. The molecule has 0 aliphatic heterocycles. The van der Waals surface area contributed by atoms with Crippen molar-refractivity contribution in [3.8, 4) is 6.07 Å². The Morgan fingerprint density at radius 2 is 2.11 bits per heavy atom. The summed E-state index contributed by atoms with van der Waals surface area (Å²) in [4.78, 5) is 11.8. The fraction of sp³-hybridized carbons (Fsp3) is 0.833. The highest BCUT2D eigenvalue weighted by molar-refractivity contribution is 5.91. The van der Waals surface area contributed by atoms with Gasteiger partial charge in [-0.05, 0) is 92.4 Å². The minimum absolute atomic E-state index is 0.0823. The van der Waals surface area contributed by atoms with Crippen molar-refractivity contribution in [1.29, 1.82) is 5.26 Å². The van der Waals surface area contributed by atoms with Crippen LogP contribution in [0.3, 0.4) is 0 Å². The zero-order valence-corrected chi connectivity index (χ0v) is 17.2. The number of hydrogen-bond acceptors (Lipinski definition) is 3. The first-order valence-electron chi connectivity index (χ1n) is 11.3. The zero-order chi connectivity index (χ0) is 19.4. The molecule has 27 heavy (non-hydrogen) atoms. The van der Waals surface area contributed by atoms with E-state index in [4.69, 9.17) is 0 Å². The van der Waals surface area contributed by atoms with Gasteiger partial charge < -0.3 is 5.11 Å². The third-order valence-corrected chi connectivity index (χ3v) is 9.17. The smallest absolute Gasteiger partial charge is 0.155 e. The fourth-order valence-electron chi connectivity index (χ4n) is 7.99. The second kappa shape index (κ2) is 6.73. The average molecular weight is 370 g/mol. The normalized spacial score (nSPS) is 46.9. The molecule has 0 spiro atoms. The summed E-state index contributed by atoms with van der Waals surface area (Å²) in [6.07, 6.45) is 10.1. The largest absolute Gasteiger partial charge is 0.392 e. The first-order chi connectivity index (χ1) is 12.9. The fourth-order valence-corrected chi connectivity index (χ4v) is 7.99. The lowest BCUT2D eigenvalue weighted by Crippen LogP contribution is -2.52. The van der Waals surface area contributed by atoms with Crippen molar-refractivity contribution in [2.75, 3.05) is 0 Å². The number of aliphatic hydroxyl groups is 1. The molecular weight excluding hydrogens is 334 g/mol. The van der Waals surface area contributed by atoms with Crippen molar-refractivity contribution in [3.63, 3.8) is 0 Å². The second-order valence-corrected chi connectivity index (χ2v) is 9.97. The quantitative estimate of drug-likeness (QED) is 0.738. The second-order valence-electron chi connectivity index (χ2n) is 9.97. The lowest BCUT2D eigenvalue weighted by atomic mass is 9.48. The first-order valence-corrected chi connectivity index (χ1v) is 11.3. The number of allylic oxidation sites excluding steroid dienone is 1. The molecule has 3 saturated carbocycles. The maximum Gasteiger partial charge on any atom is 0.155 e. The highest BCUT2D eigenvalue weighted by Crippen LogP contribution is 2.79. The van der Waals surface area contributed by atoms with Crippen LogP contribution < -0.4 is 0 Å². The van der Waals surface area contributed by atoms with Gasteiger partial charge in [-0.15, -0.1) is 0 Å². The number of aliphatic hydroxyl groups excluding tert-OH is 1. The van der Waals surface area contributed by atoms with Crippen molar-refractivity contribution >= 4 is 5.78 Å². The Morgan fingerprint density at radius 1 is 1.33 bits per heavy atom. The lowest BCUT2D eigenvalue weighted by molar-refractivity contribution is -0.115. The number of hydrogen-bond donors (Lipinski definition) is 1. The number of carbonyl (C=O) groups excluding carboxylic acids is 1. The molecule has 148 valence electrons. The molecule has 4 aliphatic carbocycles. The van der Waals surface area contributed by atoms with E-state index in [1.54, 1.807) is 6.08 Å². The van der Waals surface area contributed by atoms with Gasteiger partial charge in [0, 0.05) is 6.42 Å². The van der Waals surface area contributed by atoms with E-state index in [0.29, 0.717) is 36.5 Å². The Hall–Kier alpha value is -1.14. The van der Waals surface area contributed by atoms with E-state index < -0.39 is 0 Å². The van der Waals surface area contributed by atoms with Crippen molar-refractivity contribution in [2.24, 2.45) is 40.4 Å². The van der Waals surface area contributed by atoms with Crippen molar-refractivity contribution < 1.29 is 9.90 Å². The van der Waals surface area contributed by atoms with Gasteiger partial charge in [-0.1, -0.05) is 26.3 Å². The van der Waals surface area contributed by atoms with Gasteiger partial charge in [0.1, 0.15) is 0 Å². The van der Waals surface area contributed by atoms with Crippen LogP contribution in [0.25, 0.3) is 0 Å². The van der Waals surface area contributed by atoms with Crippen LogP contribution in [0.4, 0.5) is 0 Å². The van der Waals surface area contributed by atoms with Gasteiger partial charge in [-0.3, -0.25) is 4.79 Å². The van der Waals surface area contributed by atoms with Crippen LogP contribution in [0.5, 0.6) is 0 Å². The molecule has 0 saturated heterocycles. The molecule has 0 aromatic heterocycles. The molecule has 3 heteroatoms. The Bertz CT molecular complexity index is 691. The van der Waals surface area contributed by atoms with E-state index in [1.807, 2.05) is 0 Å². The summed E-state index contributed by atoms with van der Waals surface area (Å²) in [5.41, 5.74) is 1.04. The number of rotatable bonds is 5. The Morgan fingerprint density at radius 3 is 2.74 bits per heavy atom. The van der Waals surface area contributed by atoms with Crippen molar-refractivity contribution in [2.45, 2.75) is 84.7 Å². The van der Waals surface area contributed by atoms with Gasteiger partial charge >= 0.3 is 0 Å². The minimum atomic E-state index is -0.374. The summed E-state index contributed by atoms with van der Waals surface area (Å²) < 4.78 is 0. The third-order valence-electron chi connectivity index (χ3n) is 9.17. The van der Waals surface area contributed by atoms with Crippen LogP contribution in [-0.2, 0) is 4.79 Å². The number of ketones is 1. The third kappa shape index (κ3) is 2.59. The van der Waals surface area contributed by atoms with E-state index in [0.717, 1.165) is 44.1 Å². The van der Waals surface area contributed by atoms with Crippen molar-refractivity contribution in [3.05, 3.63) is 11.6 Å². The standard InChI is InChI=1S/C24H35NO2/c1-4-23-10-9-15(3)21(20(27)12-16-7-6-8-17(26)11-16)22(23)18-13-19(18)24(23,5-2)14-25/h11,15,18-22,27H,4-10,12-13H2,1-3H3/t15-,18+,19-,20+,21?,22-,23-,24-/m0/s1. The van der Waals surface area contributed by atoms with E-state index in [-0.39, 0.29) is 28.6 Å². The number of nitriles is 1. The summed E-state index contributed by atoms with van der Waals surface area (Å²) in [5.74, 6) is 2.65. The van der Waals surface area contributed by atoms with Gasteiger partial charge in [0.15, 0.2) is 5.78 Å². The van der Waals surface area contributed by atoms with E-state index in [9.17, 15) is 15.2 Å². The summed E-state index contributed by atoms with van der Waals surface area (Å²) in [7, 11) is 0. The predicted octanol–water partition coefficient (Wildman–Crippen LogP) is 5.05. The van der Waals surface area contributed by atoms with Gasteiger partial charge in [-0.25, -0.2) is 0 Å². The molecule has 4 rings (SSSR count). The Kier molecular flexibility index (Phi) is 4.78. The average Bonchev–Trinajstić information content (AvgIpc) is 3.40. The Balaban J connectivity index is 1.65. The molecule has 0 aromatic carbocycles. The highest BCUT2D eigenvalue weighted by Gasteiger charge is 2.76. The first kappa shape index (κ1) is 19.2. The molecule has 1 unspecified atom stereocenters. The molecule has 0 heterocycles. The predicted molar refractivity (Wildman–Crippen MR) is 106 cm³/mol. The molecule has 0 aromatic rings. The molecule has 8 atom stereocenters. The van der Waals surface area contributed by atoms with Gasteiger partial charge in [0.2, 0.25) is 0 Å². The van der Waals surface area contributed by atoms with Gasteiger partial charge in [0.25, 0.3) is 0 Å². The molecule has 3 fully saturated rings. The van der Waals surface area contributed by atoms with Crippen molar-refractivity contribution in [1.82, 2.24) is 0 Å².